The Morgan fingerprint density at radius 1 is 1.04 bits per heavy atom. The number of benzene rings is 2. The topological polar surface area (TPSA) is 94.6 Å². The van der Waals surface area contributed by atoms with Gasteiger partial charge in [0.25, 0.3) is 0 Å². The number of esters is 2. The maximum absolute atomic E-state index is 12.3. The Hall–Kier alpha value is -2.91. The minimum absolute atomic E-state index is 0.135. The molecule has 9 heteroatoms. The fourth-order valence-electron chi connectivity index (χ4n) is 2.41. The van der Waals surface area contributed by atoms with Gasteiger partial charge in [-0.2, -0.15) is 0 Å². The van der Waals surface area contributed by atoms with E-state index in [2.05, 4.69) is 19.8 Å². The minimum atomic E-state index is -0.620. The maximum atomic E-state index is 12.3. The Morgan fingerprint density at radius 3 is 2.29 bits per heavy atom. The number of fused-ring (bicyclic) bond motifs is 1. The second kappa shape index (κ2) is 8.85. The Morgan fingerprint density at radius 2 is 1.68 bits per heavy atom. The van der Waals surface area contributed by atoms with E-state index in [0.717, 1.165) is 14.6 Å². The van der Waals surface area contributed by atoms with Gasteiger partial charge in [-0.15, -0.1) is 11.3 Å². The summed E-state index contributed by atoms with van der Waals surface area (Å²) in [4.78, 5) is 40.4. The largest absolute Gasteiger partial charge is 0.465 e. The number of carbonyl (C=O) groups excluding carboxylic acids is 3. The van der Waals surface area contributed by atoms with Crippen LogP contribution in [0.4, 0.5) is 5.69 Å². The molecule has 1 N–H and O–H groups in total. The van der Waals surface area contributed by atoms with Gasteiger partial charge in [-0.25, -0.2) is 14.6 Å². The zero-order chi connectivity index (χ0) is 20.1. The molecule has 0 bridgehead atoms. The van der Waals surface area contributed by atoms with Crippen LogP contribution in [0.5, 0.6) is 0 Å². The lowest BCUT2D eigenvalue weighted by atomic mass is 10.1. The number of para-hydroxylation sites is 1. The number of anilines is 1. The average molecular weight is 416 g/mol. The number of amides is 1. The lowest BCUT2D eigenvalue weighted by Gasteiger charge is -2.09. The Kier molecular flexibility index (Phi) is 6.27. The van der Waals surface area contributed by atoms with Crippen molar-refractivity contribution in [1.82, 2.24) is 4.98 Å². The van der Waals surface area contributed by atoms with Crippen LogP contribution in [0.25, 0.3) is 10.2 Å². The van der Waals surface area contributed by atoms with Crippen LogP contribution in [0.3, 0.4) is 0 Å². The van der Waals surface area contributed by atoms with Crippen LogP contribution in [0.1, 0.15) is 20.7 Å². The van der Waals surface area contributed by atoms with E-state index < -0.39 is 11.9 Å². The second-order valence-electron chi connectivity index (χ2n) is 5.57. The normalized spacial score (nSPS) is 10.5. The van der Waals surface area contributed by atoms with Crippen molar-refractivity contribution < 1.29 is 23.9 Å². The van der Waals surface area contributed by atoms with Gasteiger partial charge in [-0.3, -0.25) is 4.79 Å². The fourth-order valence-corrected chi connectivity index (χ4v) is 4.28. The van der Waals surface area contributed by atoms with Crippen molar-refractivity contribution in [3.63, 3.8) is 0 Å². The molecule has 0 radical (unpaired) electrons. The standard InChI is InChI=1S/C19H16N2O5S2/c1-25-17(23)11-7-12(18(24)26-2)9-13(8-11)20-16(22)10-27-19-21-14-5-3-4-6-15(14)28-19/h3-9H,10H2,1-2H3,(H,20,22). The molecule has 0 atom stereocenters. The van der Waals surface area contributed by atoms with E-state index in [1.165, 1.54) is 55.5 Å². The monoisotopic (exact) mass is 416 g/mol. The van der Waals surface area contributed by atoms with Gasteiger partial charge in [0.2, 0.25) is 5.91 Å². The van der Waals surface area contributed by atoms with Crippen LogP contribution in [0.15, 0.2) is 46.8 Å². The van der Waals surface area contributed by atoms with E-state index in [1.54, 1.807) is 0 Å². The zero-order valence-electron chi connectivity index (χ0n) is 15.1. The number of hydrogen-bond acceptors (Lipinski definition) is 8. The molecule has 1 heterocycles. The van der Waals surface area contributed by atoms with Crippen LogP contribution < -0.4 is 5.32 Å². The van der Waals surface area contributed by atoms with Gasteiger partial charge in [0.15, 0.2) is 4.34 Å². The van der Waals surface area contributed by atoms with E-state index >= 15 is 0 Å². The van der Waals surface area contributed by atoms with Crippen molar-refractivity contribution in [3.05, 3.63) is 53.6 Å². The third-order valence-electron chi connectivity index (χ3n) is 3.66. The minimum Gasteiger partial charge on any atom is -0.465 e. The smallest absolute Gasteiger partial charge is 0.337 e. The number of thiazole rings is 1. The molecule has 0 spiro atoms. The van der Waals surface area contributed by atoms with Gasteiger partial charge in [0, 0.05) is 5.69 Å². The summed E-state index contributed by atoms with van der Waals surface area (Å²) >= 11 is 2.83. The molecule has 0 saturated heterocycles. The molecule has 2 aromatic carbocycles. The van der Waals surface area contributed by atoms with E-state index in [0.29, 0.717) is 5.69 Å². The van der Waals surface area contributed by atoms with Gasteiger partial charge in [0.05, 0.1) is 41.3 Å². The van der Waals surface area contributed by atoms with E-state index in [4.69, 9.17) is 0 Å². The highest BCUT2D eigenvalue weighted by Gasteiger charge is 2.15. The van der Waals surface area contributed by atoms with Gasteiger partial charge >= 0.3 is 11.9 Å². The molecule has 28 heavy (non-hydrogen) atoms. The summed E-state index contributed by atoms with van der Waals surface area (Å²) in [5.74, 6) is -1.40. The number of aromatic nitrogens is 1. The summed E-state index contributed by atoms with van der Waals surface area (Å²) in [7, 11) is 2.47. The molecule has 0 aliphatic carbocycles. The van der Waals surface area contributed by atoms with Gasteiger partial charge in [-0.1, -0.05) is 23.9 Å². The Labute approximate surface area is 169 Å². The second-order valence-corrected chi connectivity index (χ2v) is 7.82. The van der Waals surface area contributed by atoms with Gasteiger partial charge < -0.3 is 14.8 Å². The van der Waals surface area contributed by atoms with Crippen LogP contribution in [-0.4, -0.2) is 42.8 Å². The molecule has 0 saturated carbocycles. The molecule has 0 unspecified atom stereocenters. The number of hydrogen-bond donors (Lipinski definition) is 1. The molecule has 3 rings (SSSR count). The van der Waals surface area contributed by atoms with Gasteiger partial charge in [-0.05, 0) is 30.3 Å². The SMILES string of the molecule is COC(=O)c1cc(NC(=O)CSc2nc3ccccc3s2)cc(C(=O)OC)c1. The fraction of sp³-hybridized carbons (Fsp3) is 0.158. The summed E-state index contributed by atoms with van der Waals surface area (Å²) in [5.41, 5.74) is 1.47. The third kappa shape index (κ3) is 4.68. The molecule has 3 aromatic rings. The van der Waals surface area contributed by atoms with Crippen LogP contribution in [-0.2, 0) is 14.3 Å². The van der Waals surface area contributed by atoms with Crippen LogP contribution in [0.2, 0.25) is 0 Å². The molecular formula is C19H16N2O5S2. The van der Waals surface area contributed by atoms with Crippen molar-refractivity contribution in [2.45, 2.75) is 4.34 Å². The number of carbonyl (C=O) groups is 3. The van der Waals surface area contributed by atoms with Crippen LogP contribution >= 0.6 is 23.1 Å². The zero-order valence-corrected chi connectivity index (χ0v) is 16.7. The predicted molar refractivity (Wildman–Crippen MR) is 108 cm³/mol. The summed E-state index contributed by atoms with van der Waals surface area (Å²) in [5, 5.41) is 2.69. The summed E-state index contributed by atoms with van der Waals surface area (Å²) in [6, 6.07) is 12.0. The van der Waals surface area contributed by atoms with Crippen molar-refractivity contribution in [2.75, 3.05) is 25.3 Å². The number of nitrogens with one attached hydrogen (secondary N) is 1. The Bertz CT molecular complexity index is 980. The number of thioether (sulfide) groups is 1. The Balaban J connectivity index is 1.71. The number of ether oxygens (including phenoxy) is 2. The van der Waals surface area contributed by atoms with Crippen molar-refractivity contribution in [1.29, 1.82) is 0 Å². The molecule has 1 aromatic heterocycles. The number of methoxy groups -OCH3 is 2. The number of rotatable bonds is 6. The quantitative estimate of drug-likeness (QED) is 0.485. The first-order valence-electron chi connectivity index (χ1n) is 8.10. The van der Waals surface area contributed by atoms with Crippen molar-refractivity contribution in [2.24, 2.45) is 0 Å². The highest BCUT2D eigenvalue weighted by atomic mass is 32.2. The lowest BCUT2D eigenvalue weighted by Crippen LogP contribution is -2.16. The molecular weight excluding hydrogens is 400 g/mol. The van der Waals surface area contributed by atoms with E-state index in [1.807, 2.05) is 24.3 Å². The summed E-state index contributed by atoms with van der Waals surface area (Å²) < 4.78 is 11.2. The van der Waals surface area contributed by atoms with Crippen molar-refractivity contribution in [3.8, 4) is 0 Å². The lowest BCUT2D eigenvalue weighted by molar-refractivity contribution is -0.113. The third-order valence-corrected chi connectivity index (χ3v) is 5.84. The highest BCUT2D eigenvalue weighted by molar-refractivity contribution is 8.01. The summed E-state index contributed by atoms with van der Waals surface area (Å²) in [6.07, 6.45) is 0. The first-order chi connectivity index (χ1) is 13.5. The predicted octanol–water partition coefficient (Wildman–Crippen LogP) is 3.60. The number of nitrogens with zero attached hydrogens (tertiary/aromatic N) is 1. The molecule has 0 fully saturated rings. The van der Waals surface area contributed by atoms with E-state index in [9.17, 15) is 14.4 Å². The molecule has 144 valence electrons. The van der Waals surface area contributed by atoms with Crippen LogP contribution in [0, 0.1) is 0 Å². The van der Waals surface area contributed by atoms with Gasteiger partial charge in [0.1, 0.15) is 0 Å². The van der Waals surface area contributed by atoms with E-state index in [-0.39, 0.29) is 22.8 Å². The summed E-state index contributed by atoms with van der Waals surface area (Å²) in [6.45, 7) is 0. The maximum Gasteiger partial charge on any atom is 0.337 e. The molecule has 0 aliphatic heterocycles. The first-order valence-corrected chi connectivity index (χ1v) is 9.90. The molecule has 1 amide bonds. The average Bonchev–Trinajstić information content (AvgIpc) is 3.13. The molecule has 7 nitrogen and oxygen atoms in total. The highest BCUT2D eigenvalue weighted by Crippen LogP contribution is 2.29. The molecule has 0 aliphatic rings. The van der Waals surface area contributed by atoms with Crippen molar-refractivity contribution >= 4 is 56.8 Å². The first kappa shape index (κ1) is 19.8.